The zero-order chi connectivity index (χ0) is 18.8. The fraction of sp³-hybridized carbons (Fsp3) is 0.417. The van der Waals surface area contributed by atoms with Crippen molar-refractivity contribution in [1.82, 2.24) is 0 Å². The Bertz CT molecular complexity index is 711. The third kappa shape index (κ3) is 2.50. The van der Waals surface area contributed by atoms with Gasteiger partial charge in [0.25, 0.3) is 0 Å². The quantitative estimate of drug-likeness (QED) is 0.510. The number of rotatable bonds is 1. The topological polar surface area (TPSA) is 63.3 Å². The van der Waals surface area contributed by atoms with Crippen molar-refractivity contribution in [2.24, 2.45) is 5.73 Å². The number of halogens is 1. The first-order valence-electron chi connectivity index (χ1n) is 6.78. The predicted octanol–water partition coefficient (Wildman–Crippen LogP) is -5.09. The Morgan fingerprint density at radius 1 is 1.00 bits per heavy atom. The monoisotopic (exact) mass is 319 g/mol. The highest BCUT2D eigenvalue weighted by atomic mass is 35.5. The summed E-state index contributed by atoms with van der Waals surface area (Å²) in [5.41, 5.74) is 3.56. The minimum absolute atomic E-state index is 0.0626. The molecule has 1 aliphatic carbocycles. The number of carbonyl (C=O) groups is 1. The van der Waals surface area contributed by atoms with E-state index in [-0.39, 0.29) is 32.4 Å². The molecule has 1 aromatic rings. The van der Waals surface area contributed by atoms with E-state index in [1.165, 1.54) is 0 Å². The molecule has 1 aliphatic rings. The molecule has 3 N–H and O–H groups in total. The van der Waals surface area contributed by atoms with Gasteiger partial charge in [0.2, 0.25) is 0 Å². The molecule has 2 unspecified atom stereocenters. The average Bonchev–Trinajstić information content (AvgIpc) is 2.47. The second kappa shape index (κ2) is 5.82. The Morgan fingerprint density at radius 2 is 1.46 bits per heavy atom. The molecule has 2 rings (SSSR count). The highest BCUT2D eigenvalue weighted by molar-refractivity contribution is 6.66. The van der Waals surface area contributed by atoms with Crippen molar-refractivity contribution in [2.75, 3.05) is 0 Å². The van der Waals surface area contributed by atoms with E-state index < -0.39 is 34.3 Å². The van der Waals surface area contributed by atoms with Gasteiger partial charge in [0.05, 0.1) is 31.4 Å². The second-order valence-corrected chi connectivity index (χ2v) is 6.61. The minimum Gasteiger partial charge on any atom is -0.386 e. The largest absolute Gasteiger partial charge is 0.386 e. The summed E-state index contributed by atoms with van der Waals surface area (Å²) in [5.74, 6) is -0.976. The summed E-state index contributed by atoms with van der Waals surface area (Å²) >= 11 is 6.18. The van der Waals surface area contributed by atoms with Crippen LogP contribution in [0.15, 0.2) is 0 Å². The molecule has 0 aromatic heterocycles. The van der Waals surface area contributed by atoms with E-state index >= 15 is 0 Å². The van der Waals surface area contributed by atoms with Gasteiger partial charge in [0.15, 0.2) is 5.78 Å². The molecule has 102 valence electrons. The minimum atomic E-state index is -2.13. The van der Waals surface area contributed by atoms with E-state index in [1.54, 1.807) is 0 Å². The van der Waals surface area contributed by atoms with E-state index in [4.69, 9.17) is 80.1 Å². The third-order valence-corrected chi connectivity index (χ3v) is 4.95. The van der Waals surface area contributed by atoms with Gasteiger partial charge >= 0.3 is 0 Å². The summed E-state index contributed by atoms with van der Waals surface area (Å²) in [7, 11) is 46.4. The zero-order valence-corrected chi connectivity index (χ0v) is 13.5. The zero-order valence-electron chi connectivity index (χ0n) is 12.7. The predicted molar refractivity (Wildman–Crippen MR) is 103 cm³/mol. The summed E-state index contributed by atoms with van der Waals surface area (Å²) in [4.78, 5) is 12.7. The number of benzene rings is 1. The van der Waals surface area contributed by atoms with Gasteiger partial charge in [0, 0.05) is 5.02 Å². The lowest BCUT2D eigenvalue weighted by Crippen LogP contribution is -2.66. The van der Waals surface area contributed by atoms with Crippen LogP contribution in [-0.2, 0) is 10.3 Å². The van der Waals surface area contributed by atoms with Crippen LogP contribution in [-0.4, -0.2) is 79.8 Å². The molecule has 1 saturated carbocycles. The van der Waals surface area contributed by atoms with E-state index in [9.17, 15) is 9.90 Å². The van der Waals surface area contributed by atoms with Gasteiger partial charge in [-0.25, -0.2) is 0 Å². The lowest BCUT2D eigenvalue weighted by molar-refractivity contribution is -0.137. The smallest absolute Gasteiger partial charge is 0.184 e. The standard InChI is InChI=1S/C12H6B8ClNO2/c13-3-2(7(21)6(16)5(15)4(3)14)10(22)1-11(17,18)12(19,20)9(24)8(10)23/h9,24H,1,22H2. The lowest BCUT2D eigenvalue weighted by atomic mass is 9.24. The molecule has 2 atom stereocenters. The molecule has 12 heteroatoms. The molecule has 0 heterocycles. The Kier molecular flexibility index (Phi) is 4.84. The maximum atomic E-state index is 12.7. The van der Waals surface area contributed by atoms with Crippen LogP contribution in [0.25, 0.3) is 0 Å². The first-order valence-corrected chi connectivity index (χ1v) is 7.16. The third-order valence-electron chi connectivity index (χ3n) is 4.56. The van der Waals surface area contributed by atoms with Crippen molar-refractivity contribution >= 4 is 102 Å². The number of aliphatic hydroxyl groups excluding tert-OH is 1. The summed E-state index contributed by atoms with van der Waals surface area (Å²) in [6.45, 7) is 0. The molecular weight excluding hydrogens is 312 g/mol. The number of carbonyl (C=O) groups excluding carboxylic acids is 1. The first-order chi connectivity index (χ1) is 10.7. The molecule has 0 amide bonds. The van der Waals surface area contributed by atoms with Crippen molar-refractivity contribution < 1.29 is 9.90 Å². The van der Waals surface area contributed by atoms with Gasteiger partial charge < -0.3 is 10.8 Å². The lowest BCUT2D eigenvalue weighted by Gasteiger charge is -2.56. The van der Waals surface area contributed by atoms with E-state index in [0.717, 1.165) is 0 Å². The van der Waals surface area contributed by atoms with Gasteiger partial charge in [-0.2, -0.15) is 0 Å². The molecular formula is C12H6B8ClNO2. The normalized spacial score (nSPS) is 28.6. The van der Waals surface area contributed by atoms with Gasteiger partial charge in [0.1, 0.15) is 43.0 Å². The maximum Gasteiger partial charge on any atom is 0.184 e. The SMILES string of the molecule is [B]c1c([B])c([B])c(C2(N)CC([B])([B])C([B])([B])C(O)C2=O)c(Cl)c1[B]. The molecule has 0 saturated heterocycles. The Labute approximate surface area is 156 Å². The number of hydrogen-bond donors (Lipinski definition) is 2. The van der Waals surface area contributed by atoms with E-state index in [1.807, 2.05) is 0 Å². The molecule has 1 aromatic carbocycles. The molecule has 0 spiro atoms. The fourth-order valence-electron chi connectivity index (χ4n) is 2.86. The van der Waals surface area contributed by atoms with Crippen molar-refractivity contribution in [1.29, 1.82) is 0 Å². The number of Topliss-reactive ketones (excluding diaryl/α,β-unsaturated/α-hetero) is 1. The summed E-state index contributed by atoms with van der Waals surface area (Å²) < 4.78 is 0. The highest BCUT2D eigenvalue weighted by Crippen LogP contribution is 2.56. The first kappa shape index (κ1) is 19.9. The Morgan fingerprint density at radius 3 is 1.96 bits per heavy atom. The van der Waals surface area contributed by atoms with E-state index in [2.05, 4.69) is 0 Å². The van der Waals surface area contributed by atoms with Gasteiger partial charge in [-0.3, -0.25) is 4.79 Å². The van der Waals surface area contributed by atoms with Crippen LogP contribution < -0.4 is 27.6 Å². The van der Waals surface area contributed by atoms with Crippen LogP contribution in [0, 0.1) is 0 Å². The van der Waals surface area contributed by atoms with Crippen molar-refractivity contribution in [3.63, 3.8) is 0 Å². The van der Waals surface area contributed by atoms with Crippen molar-refractivity contribution in [3.8, 4) is 0 Å². The number of hydrogen-bond acceptors (Lipinski definition) is 3. The van der Waals surface area contributed by atoms with Crippen LogP contribution >= 0.6 is 11.6 Å². The van der Waals surface area contributed by atoms with Crippen LogP contribution in [0.5, 0.6) is 0 Å². The summed E-state index contributed by atoms with van der Waals surface area (Å²) in [6, 6.07) is 0. The molecule has 3 nitrogen and oxygen atoms in total. The van der Waals surface area contributed by atoms with Crippen LogP contribution in [0.2, 0.25) is 15.5 Å². The summed E-state index contributed by atoms with van der Waals surface area (Å²) in [6.07, 6.45) is -2.46. The van der Waals surface area contributed by atoms with Gasteiger partial charge in [-0.1, -0.05) is 27.7 Å². The number of nitrogens with two attached hydrogens (primary N) is 1. The van der Waals surface area contributed by atoms with Crippen molar-refractivity contribution in [2.45, 2.75) is 28.5 Å². The second-order valence-electron chi connectivity index (χ2n) is 6.23. The Hall–Kier alpha value is -0.381. The number of ketones is 1. The van der Waals surface area contributed by atoms with Gasteiger partial charge in [-0.05, 0) is 12.0 Å². The van der Waals surface area contributed by atoms with Crippen LogP contribution in [0.3, 0.4) is 0 Å². The molecule has 16 radical (unpaired) electrons. The van der Waals surface area contributed by atoms with Gasteiger partial charge in [-0.15, -0.1) is 16.1 Å². The molecule has 1 fully saturated rings. The Balaban J connectivity index is 2.80. The van der Waals surface area contributed by atoms with Crippen molar-refractivity contribution in [3.05, 3.63) is 10.6 Å². The van der Waals surface area contributed by atoms with Crippen LogP contribution in [0.1, 0.15) is 12.0 Å². The van der Waals surface area contributed by atoms with E-state index in [0.29, 0.717) is 0 Å². The fourth-order valence-corrected chi connectivity index (χ4v) is 3.23. The maximum absolute atomic E-state index is 12.7. The average molecular weight is 318 g/mol. The summed E-state index contributed by atoms with van der Waals surface area (Å²) in [5, 5.41) is 5.95. The molecule has 0 aliphatic heterocycles. The van der Waals surface area contributed by atoms with Crippen LogP contribution in [0.4, 0.5) is 0 Å². The number of aliphatic hydroxyl groups is 1. The highest BCUT2D eigenvalue weighted by Gasteiger charge is 2.57. The molecule has 24 heavy (non-hydrogen) atoms. The molecule has 0 bridgehead atoms.